The molecule has 0 saturated carbocycles. The van der Waals surface area contributed by atoms with Crippen LogP contribution in [0.2, 0.25) is 0 Å². The van der Waals surface area contributed by atoms with E-state index in [0.29, 0.717) is 270 Å². The normalized spacial score (nSPS) is 15.5. The minimum absolute atomic E-state index is 0.249. The molecule has 36 bridgehead atoms. The largest absolute Gasteiger partial charge is 0.273 e. The first-order valence-electron chi connectivity index (χ1n) is 34.6. The second kappa shape index (κ2) is 16.4. The van der Waals surface area contributed by atoms with Gasteiger partial charge in [-0.25, -0.2) is 140 Å². The van der Waals surface area contributed by atoms with E-state index in [1.807, 2.05) is 109 Å². The predicted molar refractivity (Wildman–Crippen MR) is 402 cm³/mol. The number of aromatic nitrogens is 28. The van der Waals surface area contributed by atoms with Gasteiger partial charge < -0.3 is 0 Å². The maximum Gasteiger partial charge on any atom is 0.121 e. The molecule has 30 heteroatoms. The average Bonchev–Trinajstić information content (AvgIpc) is 0.687. The summed E-state index contributed by atoms with van der Waals surface area (Å²) < 4.78 is 0. The van der Waals surface area contributed by atoms with E-state index in [2.05, 4.69) is 0 Å². The summed E-state index contributed by atoms with van der Waals surface area (Å²) in [5.74, 6) is 0. The van der Waals surface area contributed by atoms with Crippen LogP contribution in [-0.2, 0) is 0 Å². The van der Waals surface area contributed by atoms with Crippen molar-refractivity contribution in [2.24, 2.45) is 9.98 Å². The molecule has 28 aromatic rings. The van der Waals surface area contributed by atoms with Crippen LogP contribution in [0.15, 0.2) is 113 Å². The Morgan fingerprint density at radius 1 is 0.157 bits per heavy atom. The highest BCUT2D eigenvalue weighted by molar-refractivity contribution is 6.31. The quantitative estimate of drug-likeness (QED) is 0.100. The number of nitrogens with zero attached hydrogens (tertiary/aromatic N) is 30. The van der Waals surface area contributed by atoms with Gasteiger partial charge in [0.1, 0.15) is 227 Å². The summed E-state index contributed by atoms with van der Waals surface area (Å²) in [5, 5.41) is 1.13. The molecule has 108 heavy (non-hydrogen) atoms. The smallest absolute Gasteiger partial charge is 0.121 e. The van der Waals surface area contributed by atoms with Crippen molar-refractivity contribution in [3.63, 3.8) is 0 Å². The number of hydrogen-bond acceptors (Lipinski definition) is 30. The first-order chi connectivity index (χ1) is 53.3. The SMILES string of the molecule is C1=CC2N=c3ccc4nc5c6nc7ccc8nc9ccc%10nc%11ccc%12nc%13c%14nc%15ccc%16nc%17ccc%18nc%19ccc%20nc%21c%22nc%23ccc%24nc1c1nc%24c%23nc%22c%22nc%23c%24nc(c5nc4c3=NC12)c1nc%24c2nc(c%13nc%12c%11nc%10c9nc8c7nc61)c1nc2c%23nc%22c%21nc%20c%19nc%18c%17nc%16c%15nc%141. The Balaban J connectivity index is 0.895. The van der Waals surface area contributed by atoms with Gasteiger partial charge in [-0.05, 0) is 103 Å². The fourth-order valence-corrected chi connectivity index (χ4v) is 17.7. The average molecular weight is 1380 g/mol. The summed E-state index contributed by atoms with van der Waals surface area (Å²) in [6, 6.07) is 29.3. The Labute approximate surface area is 587 Å². The fourth-order valence-electron chi connectivity index (χ4n) is 17.7. The zero-order chi connectivity index (χ0) is 68.6. The van der Waals surface area contributed by atoms with Crippen molar-refractivity contribution in [2.75, 3.05) is 0 Å². The van der Waals surface area contributed by atoms with Crippen LogP contribution in [0.25, 0.3) is 304 Å². The van der Waals surface area contributed by atoms with Gasteiger partial charge in [-0.2, -0.15) is 0 Å². The lowest BCUT2D eigenvalue weighted by atomic mass is 9.95. The van der Waals surface area contributed by atoms with E-state index in [0.717, 1.165) is 0 Å². The van der Waals surface area contributed by atoms with Gasteiger partial charge in [0.05, 0.1) is 106 Å². The molecule has 18 heterocycles. The van der Waals surface area contributed by atoms with Gasteiger partial charge in [0.15, 0.2) is 0 Å². The topological polar surface area (TPSA) is 386 Å². The van der Waals surface area contributed by atoms with Crippen molar-refractivity contribution in [1.82, 2.24) is 140 Å². The molecular formula is C78H20N30. The number of hydrogen-bond donors (Lipinski definition) is 0. The lowest BCUT2D eigenvalue weighted by Crippen LogP contribution is -2.37. The highest BCUT2D eigenvalue weighted by atomic mass is 15.1. The molecule has 0 amide bonds. The number of rotatable bonds is 0. The zero-order valence-corrected chi connectivity index (χ0v) is 54.0. The van der Waals surface area contributed by atoms with Gasteiger partial charge in [0, 0.05) is 0 Å². The molecule has 30 nitrogen and oxygen atoms in total. The minimum Gasteiger partial charge on any atom is -0.273 e. The van der Waals surface area contributed by atoms with E-state index >= 15 is 0 Å². The van der Waals surface area contributed by atoms with Crippen LogP contribution in [0.1, 0.15) is 17.4 Å². The molecule has 2 aliphatic heterocycles. The van der Waals surface area contributed by atoms with E-state index in [1.165, 1.54) is 0 Å². The summed E-state index contributed by atoms with van der Waals surface area (Å²) in [6.45, 7) is 0. The second-order valence-corrected chi connectivity index (χ2v) is 28.2. The Kier molecular flexibility index (Phi) is 7.81. The molecule has 12 aromatic carbocycles. The van der Waals surface area contributed by atoms with Gasteiger partial charge in [0.2, 0.25) is 0 Å². The third-order valence-electron chi connectivity index (χ3n) is 22.5. The van der Waals surface area contributed by atoms with Crippen molar-refractivity contribution in [3.05, 3.63) is 125 Å². The Morgan fingerprint density at radius 2 is 0.352 bits per heavy atom. The molecule has 0 fully saturated rings. The number of fused-ring (bicyclic) bond motifs is 3. The summed E-state index contributed by atoms with van der Waals surface area (Å²) in [4.78, 5) is 167. The van der Waals surface area contributed by atoms with Gasteiger partial charge in [-0.3, -0.25) is 9.98 Å². The van der Waals surface area contributed by atoms with Crippen molar-refractivity contribution in [1.29, 1.82) is 0 Å². The molecule has 0 radical (unpaired) electrons. The standard InChI is InChI=1S/C78H20N30/c1-2-20-38-37-19(1)79-25-7-13-31-49(43(25)91-37)97-61-55(85-31)56-63-69-67(61)103-73-74-76-78-77(75(73)105-69)107-71-65-59(89-35-17-11-29-47(53(35)101-65)95-40-22(83-29)4-3-21-39(40)93-45-27(81-21)9-15-33(87-56)51(45)99-63)60-66(72(71)108-78)102-54-36(90-60)18-12-30-48(54)96-42-24(84-30)6-5-23-41(42)94-46-28(82-23)10-16-34-52(46)100-64-58(88-34)57-62(68(104-74)70(64)106-76)98-50-32(86-57)14-8-26(80-20)44(50)92-38/h1-19,37H. The number of benzene rings is 12. The maximum absolute atomic E-state index is 5.87. The minimum atomic E-state index is -0.639. The second-order valence-electron chi connectivity index (χ2n) is 28.2. The molecular weight excluding hydrogens is 1360 g/mol. The first-order valence-corrected chi connectivity index (χ1v) is 34.6. The first kappa shape index (κ1) is 51.3. The molecule has 2 atom stereocenters. The van der Waals surface area contributed by atoms with Crippen LogP contribution in [0.3, 0.4) is 0 Å². The van der Waals surface area contributed by atoms with Gasteiger partial charge in [0.25, 0.3) is 0 Å². The van der Waals surface area contributed by atoms with Gasteiger partial charge in [-0.1, -0.05) is 6.08 Å². The molecule has 3 aliphatic rings. The highest BCUT2D eigenvalue weighted by Crippen LogP contribution is 2.45. The summed E-state index contributed by atoms with van der Waals surface area (Å²) in [5.41, 5.74) is 23.8. The Hall–Kier alpha value is -15.9. The molecule has 16 aromatic heterocycles. The maximum atomic E-state index is 5.87. The fraction of sp³-hybridized carbons (Fsp3) is 0.0256. The van der Waals surface area contributed by atoms with E-state index in [9.17, 15) is 0 Å². The van der Waals surface area contributed by atoms with Crippen molar-refractivity contribution in [3.8, 4) is 0 Å². The lowest BCUT2D eigenvalue weighted by molar-refractivity contribution is 0.572. The van der Waals surface area contributed by atoms with Crippen LogP contribution >= 0.6 is 0 Å². The monoisotopic (exact) mass is 1380 g/mol. The van der Waals surface area contributed by atoms with Crippen LogP contribution in [0.5, 0.6) is 0 Å². The van der Waals surface area contributed by atoms with Crippen molar-refractivity contribution >= 4 is 304 Å². The van der Waals surface area contributed by atoms with E-state index in [1.54, 1.807) is 0 Å². The van der Waals surface area contributed by atoms with E-state index in [-0.39, 0.29) is 49.7 Å². The third kappa shape index (κ3) is 5.74. The molecule has 0 spiro atoms. The predicted octanol–water partition coefficient (Wildman–Crippen LogP) is 11.2. The molecule has 0 N–H and O–H groups in total. The zero-order valence-electron chi connectivity index (χ0n) is 54.0. The molecule has 31 rings (SSSR count). The third-order valence-corrected chi connectivity index (χ3v) is 22.5. The molecule has 482 valence electrons. The van der Waals surface area contributed by atoms with E-state index < -0.39 is 12.1 Å². The highest BCUT2D eigenvalue weighted by Gasteiger charge is 2.35. The van der Waals surface area contributed by atoms with Crippen molar-refractivity contribution in [2.45, 2.75) is 12.1 Å². The lowest BCUT2D eigenvalue weighted by Gasteiger charge is -2.25. The van der Waals surface area contributed by atoms with Crippen LogP contribution in [0, 0.1) is 0 Å². The summed E-state index contributed by atoms with van der Waals surface area (Å²) >= 11 is 0. The van der Waals surface area contributed by atoms with Crippen LogP contribution in [0.4, 0.5) is 0 Å². The van der Waals surface area contributed by atoms with E-state index in [4.69, 9.17) is 150 Å². The summed E-state index contributed by atoms with van der Waals surface area (Å²) in [6.07, 6.45) is 3.99. The summed E-state index contributed by atoms with van der Waals surface area (Å²) in [7, 11) is 0. The Bertz CT molecular complexity index is 9710. The molecule has 2 unspecified atom stereocenters. The molecule has 1 aliphatic carbocycles. The van der Waals surface area contributed by atoms with Crippen LogP contribution < -0.4 is 10.7 Å². The van der Waals surface area contributed by atoms with Crippen LogP contribution in [-0.4, -0.2) is 146 Å². The Morgan fingerprint density at radius 3 is 0.630 bits per heavy atom. The molecule has 0 saturated heterocycles. The van der Waals surface area contributed by atoms with Gasteiger partial charge >= 0.3 is 0 Å². The van der Waals surface area contributed by atoms with Crippen molar-refractivity contribution < 1.29 is 0 Å². The van der Waals surface area contributed by atoms with Gasteiger partial charge in [-0.15, -0.1) is 0 Å².